The van der Waals surface area contributed by atoms with Crippen LogP contribution in [0, 0.1) is 12.8 Å². The van der Waals surface area contributed by atoms with Gasteiger partial charge in [0, 0.05) is 16.6 Å². The number of hydrogen-bond donors (Lipinski definition) is 2. The van der Waals surface area contributed by atoms with Crippen molar-refractivity contribution >= 4 is 47.3 Å². The lowest BCUT2D eigenvalue weighted by atomic mass is 9.97. The quantitative estimate of drug-likeness (QED) is 0.641. The highest BCUT2D eigenvalue weighted by molar-refractivity contribution is 6.08. The summed E-state index contributed by atoms with van der Waals surface area (Å²) in [7, 11) is 0. The van der Waals surface area contributed by atoms with Crippen molar-refractivity contribution in [1.29, 1.82) is 0 Å². The third-order valence-electron chi connectivity index (χ3n) is 5.00. The van der Waals surface area contributed by atoms with Crippen LogP contribution in [0.4, 0.5) is 5.69 Å². The van der Waals surface area contributed by atoms with E-state index in [1.165, 1.54) is 12.0 Å². The molecule has 4 nitrogen and oxygen atoms in total. The predicted octanol–water partition coefficient (Wildman–Crippen LogP) is 4.79. The summed E-state index contributed by atoms with van der Waals surface area (Å²) in [5.74, 6) is 0.588. The molecule has 2 N–H and O–H groups in total. The van der Waals surface area contributed by atoms with E-state index in [0.29, 0.717) is 11.5 Å². The van der Waals surface area contributed by atoms with E-state index in [-0.39, 0.29) is 30.7 Å². The fraction of sp³-hybridized carbons (Fsp3) is 0.273. The zero-order valence-corrected chi connectivity index (χ0v) is 17.4. The van der Waals surface area contributed by atoms with Crippen LogP contribution in [-0.2, 0) is 6.42 Å². The molecule has 1 unspecified atom stereocenters. The average molecular weight is 418 g/mol. The van der Waals surface area contributed by atoms with Gasteiger partial charge in [0.2, 0.25) is 0 Å². The Morgan fingerprint density at radius 1 is 1.14 bits per heavy atom. The Hall–Kier alpha value is -2.14. The molecule has 0 radical (unpaired) electrons. The van der Waals surface area contributed by atoms with Gasteiger partial charge in [0.1, 0.15) is 0 Å². The first kappa shape index (κ1) is 22.2. The van der Waals surface area contributed by atoms with Crippen molar-refractivity contribution in [3.8, 4) is 0 Å². The number of fused-ring (bicyclic) bond motifs is 1. The normalized spacial score (nSPS) is 15.5. The van der Waals surface area contributed by atoms with Crippen LogP contribution < -0.4 is 10.6 Å². The van der Waals surface area contributed by atoms with Crippen LogP contribution in [0.15, 0.2) is 54.6 Å². The van der Waals surface area contributed by atoms with Gasteiger partial charge >= 0.3 is 0 Å². The van der Waals surface area contributed by atoms with E-state index in [1.807, 2.05) is 55.5 Å². The molecule has 2 heterocycles. The fourth-order valence-electron chi connectivity index (χ4n) is 3.62. The molecule has 1 fully saturated rings. The van der Waals surface area contributed by atoms with Crippen LogP contribution in [0.2, 0.25) is 0 Å². The van der Waals surface area contributed by atoms with E-state index in [2.05, 4.69) is 21.7 Å². The summed E-state index contributed by atoms with van der Waals surface area (Å²) in [6.07, 6.45) is 2.23. The summed E-state index contributed by atoms with van der Waals surface area (Å²) in [4.78, 5) is 17.3. The van der Waals surface area contributed by atoms with Gasteiger partial charge in [0.05, 0.1) is 11.2 Å². The molecule has 1 atom stereocenters. The van der Waals surface area contributed by atoms with Crippen molar-refractivity contribution in [2.75, 3.05) is 18.4 Å². The fourth-order valence-corrected chi connectivity index (χ4v) is 3.62. The van der Waals surface area contributed by atoms with Crippen LogP contribution in [0.1, 0.15) is 28.0 Å². The number of pyridine rings is 1. The van der Waals surface area contributed by atoms with Crippen molar-refractivity contribution in [2.45, 2.75) is 19.8 Å². The smallest absolute Gasteiger partial charge is 0.255 e. The first-order valence-electron chi connectivity index (χ1n) is 9.16. The number of aryl methyl sites for hydroxylation is 1. The number of carbonyl (C=O) groups excluding carboxylic acids is 1. The number of nitrogens with one attached hydrogen (secondary N) is 2. The number of halogens is 2. The average Bonchev–Trinajstić information content (AvgIpc) is 3.15. The van der Waals surface area contributed by atoms with Crippen LogP contribution in [0.3, 0.4) is 0 Å². The Morgan fingerprint density at radius 2 is 1.96 bits per heavy atom. The molecule has 0 aliphatic carbocycles. The van der Waals surface area contributed by atoms with Crippen molar-refractivity contribution in [3.63, 3.8) is 0 Å². The lowest BCUT2D eigenvalue weighted by Crippen LogP contribution is -2.14. The van der Waals surface area contributed by atoms with Gasteiger partial charge in [-0.25, -0.2) is 0 Å². The van der Waals surface area contributed by atoms with E-state index in [0.717, 1.165) is 41.8 Å². The summed E-state index contributed by atoms with van der Waals surface area (Å²) >= 11 is 0. The zero-order chi connectivity index (χ0) is 17.9. The van der Waals surface area contributed by atoms with Gasteiger partial charge in [0.15, 0.2) is 0 Å². The van der Waals surface area contributed by atoms with Crippen LogP contribution in [-0.4, -0.2) is 24.0 Å². The number of anilines is 1. The van der Waals surface area contributed by atoms with Crippen LogP contribution in [0.25, 0.3) is 10.9 Å². The van der Waals surface area contributed by atoms with E-state index in [1.54, 1.807) is 0 Å². The molecule has 1 saturated heterocycles. The van der Waals surface area contributed by atoms with Crippen LogP contribution >= 0.6 is 24.8 Å². The lowest BCUT2D eigenvalue weighted by Gasteiger charge is -2.11. The summed E-state index contributed by atoms with van der Waals surface area (Å²) in [5.41, 5.74) is 4.58. The topological polar surface area (TPSA) is 54.0 Å². The van der Waals surface area contributed by atoms with Gasteiger partial charge in [-0.1, -0.05) is 18.2 Å². The summed E-state index contributed by atoms with van der Waals surface area (Å²) in [6, 6.07) is 17.8. The second-order valence-corrected chi connectivity index (χ2v) is 7.04. The minimum Gasteiger partial charge on any atom is -0.321 e. The van der Waals surface area contributed by atoms with Gasteiger partial charge in [-0.05, 0) is 80.7 Å². The van der Waals surface area contributed by atoms with E-state index in [4.69, 9.17) is 0 Å². The van der Waals surface area contributed by atoms with Crippen molar-refractivity contribution < 1.29 is 4.79 Å². The molecule has 1 aromatic heterocycles. The van der Waals surface area contributed by atoms with E-state index < -0.39 is 0 Å². The second kappa shape index (κ2) is 9.87. The third kappa shape index (κ3) is 5.02. The monoisotopic (exact) mass is 417 g/mol. The summed E-state index contributed by atoms with van der Waals surface area (Å²) in [6.45, 7) is 4.13. The minimum absolute atomic E-state index is 0. The first-order chi connectivity index (χ1) is 12.7. The van der Waals surface area contributed by atoms with Gasteiger partial charge in [-0.15, -0.1) is 24.8 Å². The van der Waals surface area contributed by atoms with Gasteiger partial charge in [-0.3, -0.25) is 9.78 Å². The molecular formula is C22H25Cl2N3O. The molecule has 28 heavy (non-hydrogen) atoms. The van der Waals surface area contributed by atoms with Gasteiger partial charge in [0.25, 0.3) is 5.91 Å². The summed E-state index contributed by atoms with van der Waals surface area (Å²) in [5, 5.41) is 7.41. The molecule has 1 aliphatic heterocycles. The molecule has 0 saturated carbocycles. The van der Waals surface area contributed by atoms with E-state index >= 15 is 0 Å². The molecule has 3 aromatic rings. The highest BCUT2D eigenvalue weighted by atomic mass is 35.5. The molecule has 2 aromatic carbocycles. The lowest BCUT2D eigenvalue weighted by molar-refractivity contribution is 0.102. The highest BCUT2D eigenvalue weighted by Gasteiger charge is 2.16. The largest absolute Gasteiger partial charge is 0.321 e. The van der Waals surface area contributed by atoms with Crippen molar-refractivity contribution in [2.24, 2.45) is 5.92 Å². The van der Waals surface area contributed by atoms with Gasteiger partial charge in [-0.2, -0.15) is 0 Å². The maximum absolute atomic E-state index is 12.8. The zero-order valence-electron chi connectivity index (χ0n) is 15.8. The number of nitrogens with zero attached hydrogens (tertiary/aromatic N) is 1. The van der Waals surface area contributed by atoms with Crippen LogP contribution in [0.5, 0.6) is 0 Å². The Morgan fingerprint density at radius 3 is 2.75 bits per heavy atom. The Labute approximate surface area is 178 Å². The second-order valence-electron chi connectivity index (χ2n) is 7.04. The van der Waals surface area contributed by atoms with Gasteiger partial charge < -0.3 is 10.6 Å². The van der Waals surface area contributed by atoms with Crippen molar-refractivity contribution in [3.05, 3.63) is 71.4 Å². The Bertz CT molecular complexity index is 955. The highest BCUT2D eigenvalue weighted by Crippen LogP contribution is 2.23. The number of rotatable bonds is 4. The molecule has 0 spiro atoms. The molecule has 4 rings (SSSR count). The minimum atomic E-state index is -0.0792. The Balaban J connectivity index is 0.00000140. The third-order valence-corrected chi connectivity index (χ3v) is 5.00. The Kier molecular flexibility index (Phi) is 7.81. The molecule has 1 amide bonds. The number of benzene rings is 2. The first-order valence-corrected chi connectivity index (χ1v) is 9.16. The molecular weight excluding hydrogens is 393 g/mol. The predicted molar refractivity (Wildman–Crippen MR) is 120 cm³/mol. The maximum atomic E-state index is 12.8. The number of amides is 1. The van der Waals surface area contributed by atoms with Crippen molar-refractivity contribution in [1.82, 2.24) is 10.3 Å². The number of aromatic nitrogens is 1. The molecule has 1 aliphatic rings. The maximum Gasteiger partial charge on any atom is 0.255 e. The molecule has 0 bridgehead atoms. The molecule has 148 valence electrons. The summed E-state index contributed by atoms with van der Waals surface area (Å²) < 4.78 is 0. The number of hydrogen-bond acceptors (Lipinski definition) is 3. The SMILES string of the molecule is Cc1ccc2c(NC(=O)c3cccc(CC4CCNC4)c3)cccc2n1.Cl.Cl. The molecule has 6 heteroatoms. The standard InChI is InChI=1S/C22H23N3O.2ClH/c1-15-8-9-19-20(24-15)6-3-7-21(19)25-22(26)18-5-2-4-16(13-18)12-17-10-11-23-14-17;;/h2-9,13,17,23H,10-12,14H2,1H3,(H,25,26);2*1H. The number of carbonyl (C=O) groups is 1. The van der Waals surface area contributed by atoms with E-state index in [9.17, 15) is 4.79 Å².